The number of ether oxygens (including phenoxy) is 1. The van der Waals surface area contributed by atoms with Gasteiger partial charge in [0.1, 0.15) is 0 Å². The van der Waals surface area contributed by atoms with Gasteiger partial charge in [-0.15, -0.1) is 0 Å². The Morgan fingerprint density at radius 1 is 1.40 bits per heavy atom. The minimum Gasteiger partial charge on any atom is -0.487 e. The molecule has 1 saturated carbocycles. The van der Waals surface area contributed by atoms with E-state index in [9.17, 15) is 0 Å². The first-order valence-electron chi connectivity index (χ1n) is 7.72. The number of hydrogen-bond acceptors (Lipinski definition) is 4. The molecular weight excluding hydrogens is 250 g/mol. The van der Waals surface area contributed by atoms with E-state index in [0.29, 0.717) is 0 Å². The Balaban J connectivity index is 1.81. The molecule has 1 N–H and O–H groups in total. The summed E-state index contributed by atoms with van der Waals surface area (Å²) in [7, 11) is 2.22. The average Bonchev–Trinajstić information content (AvgIpc) is 2.94. The number of pyridine rings is 1. The van der Waals surface area contributed by atoms with Gasteiger partial charge in [-0.25, -0.2) is 4.98 Å². The summed E-state index contributed by atoms with van der Waals surface area (Å²) < 4.78 is 5.76. The molecule has 1 aliphatic carbocycles. The third-order valence-electron chi connectivity index (χ3n) is 3.84. The first kappa shape index (κ1) is 15.1. The van der Waals surface area contributed by atoms with Crippen LogP contribution in [0.25, 0.3) is 0 Å². The summed E-state index contributed by atoms with van der Waals surface area (Å²) in [6.07, 6.45) is 7.44. The molecule has 1 aromatic rings. The topological polar surface area (TPSA) is 37.4 Å². The van der Waals surface area contributed by atoms with Crippen molar-refractivity contribution in [2.75, 3.05) is 25.5 Å². The lowest BCUT2D eigenvalue weighted by Crippen LogP contribution is -2.33. The molecule has 2 rings (SSSR count). The molecule has 4 nitrogen and oxygen atoms in total. The summed E-state index contributed by atoms with van der Waals surface area (Å²) in [6, 6.07) is 4.65. The van der Waals surface area contributed by atoms with Gasteiger partial charge in [-0.05, 0) is 45.9 Å². The highest BCUT2D eigenvalue weighted by Crippen LogP contribution is 2.23. The van der Waals surface area contributed by atoms with Crippen molar-refractivity contribution in [3.05, 3.63) is 18.3 Å². The second kappa shape index (κ2) is 7.48. The van der Waals surface area contributed by atoms with E-state index in [2.05, 4.69) is 22.2 Å². The van der Waals surface area contributed by atoms with Crippen LogP contribution in [-0.4, -0.2) is 42.2 Å². The van der Waals surface area contributed by atoms with E-state index in [1.165, 1.54) is 25.7 Å². The highest BCUT2D eigenvalue weighted by atomic mass is 16.5. The van der Waals surface area contributed by atoms with Crippen LogP contribution in [0.4, 0.5) is 5.82 Å². The van der Waals surface area contributed by atoms with Crippen molar-refractivity contribution >= 4 is 5.82 Å². The van der Waals surface area contributed by atoms with Crippen LogP contribution in [0.2, 0.25) is 0 Å². The number of anilines is 1. The normalized spacial score (nSPS) is 16.1. The van der Waals surface area contributed by atoms with E-state index >= 15 is 0 Å². The van der Waals surface area contributed by atoms with Gasteiger partial charge in [0.2, 0.25) is 0 Å². The lowest BCUT2D eigenvalue weighted by Gasteiger charge is -2.24. The van der Waals surface area contributed by atoms with E-state index in [-0.39, 0.29) is 6.10 Å². The van der Waals surface area contributed by atoms with Gasteiger partial charge in [0.25, 0.3) is 0 Å². The standard InChI is InChI=1S/C16H27N3O/c1-13(2)20-15-9-6-10-17-16(15)18-11-12-19(3)14-7-4-5-8-14/h6,9-10,13-14H,4-5,7-8,11-12H2,1-3H3,(H,17,18). The number of hydrogen-bond donors (Lipinski definition) is 1. The fourth-order valence-corrected chi connectivity index (χ4v) is 2.75. The van der Waals surface area contributed by atoms with Gasteiger partial charge < -0.3 is 15.0 Å². The molecule has 112 valence electrons. The fourth-order valence-electron chi connectivity index (χ4n) is 2.75. The minimum atomic E-state index is 0.168. The average molecular weight is 277 g/mol. The molecule has 1 aliphatic rings. The minimum absolute atomic E-state index is 0.168. The van der Waals surface area contributed by atoms with Crippen LogP contribution in [0.5, 0.6) is 5.75 Å². The van der Waals surface area contributed by atoms with Crippen molar-refractivity contribution in [1.29, 1.82) is 0 Å². The molecule has 0 bridgehead atoms. The number of aromatic nitrogens is 1. The molecule has 1 heterocycles. The second-order valence-corrected chi connectivity index (χ2v) is 5.86. The molecule has 0 atom stereocenters. The Labute approximate surface area is 122 Å². The molecule has 1 fully saturated rings. The molecule has 0 aromatic carbocycles. The highest BCUT2D eigenvalue weighted by molar-refractivity contribution is 5.49. The first-order chi connectivity index (χ1) is 9.66. The van der Waals surface area contributed by atoms with Crippen molar-refractivity contribution in [1.82, 2.24) is 9.88 Å². The maximum absolute atomic E-state index is 5.76. The van der Waals surface area contributed by atoms with Crippen molar-refractivity contribution in [3.8, 4) is 5.75 Å². The third kappa shape index (κ3) is 4.37. The Kier molecular flexibility index (Phi) is 5.65. The van der Waals surface area contributed by atoms with Gasteiger partial charge in [0.15, 0.2) is 11.6 Å². The molecule has 0 saturated heterocycles. The van der Waals surface area contributed by atoms with Crippen molar-refractivity contribution in [2.45, 2.75) is 51.7 Å². The van der Waals surface area contributed by atoms with E-state index in [1.807, 2.05) is 26.0 Å². The van der Waals surface area contributed by atoms with Crippen LogP contribution in [-0.2, 0) is 0 Å². The summed E-state index contributed by atoms with van der Waals surface area (Å²) in [6.45, 7) is 6.01. The van der Waals surface area contributed by atoms with E-state index in [0.717, 1.165) is 30.7 Å². The molecule has 1 aromatic heterocycles. The summed E-state index contributed by atoms with van der Waals surface area (Å²) >= 11 is 0. The zero-order chi connectivity index (χ0) is 14.4. The lowest BCUT2D eigenvalue weighted by molar-refractivity contribution is 0.242. The van der Waals surface area contributed by atoms with Crippen LogP contribution in [0.15, 0.2) is 18.3 Å². The van der Waals surface area contributed by atoms with Gasteiger partial charge in [0, 0.05) is 25.3 Å². The Hall–Kier alpha value is -1.29. The number of rotatable bonds is 7. The Morgan fingerprint density at radius 2 is 2.15 bits per heavy atom. The quantitative estimate of drug-likeness (QED) is 0.831. The monoisotopic (exact) mass is 277 g/mol. The number of likely N-dealkylation sites (N-methyl/N-ethyl adjacent to an activating group) is 1. The number of nitrogens with one attached hydrogen (secondary N) is 1. The molecule has 0 radical (unpaired) electrons. The largest absolute Gasteiger partial charge is 0.487 e. The van der Waals surface area contributed by atoms with Crippen molar-refractivity contribution < 1.29 is 4.74 Å². The smallest absolute Gasteiger partial charge is 0.168 e. The van der Waals surface area contributed by atoms with Crippen LogP contribution < -0.4 is 10.1 Å². The van der Waals surface area contributed by atoms with Crippen LogP contribution in [0.3, 0.4) is 0 Å². The zero-order valence-electron chi connectivity index (χ0n) is 12.9. The summed E-state index contributed by atoms with van der Waals surface area (Å²) in [5, 5.41) is 3.40. The maximum atomic E-state index is 5.76. The van der Waals surface area contributed by atoms with Crippen molar-refractivity contribution in [2.24, 2.45) is 0 Å². The Morgan fingerprint density at radius 3 is 2.85 bits per heavy atom. The molecule has 4 heteroatoms. The molecule has 0 amide bonds. The van der Waals surface area contributed by atoms with E-state index in [1.54, 1.807) is 6.20 Å². The lowest BCUT2D eigenvalue weighted by atomic mass is 10.2. The van der Waals surface area contributed by atoms with Gasteiger partial charge >= 0.3 is 0 Å². The SMILES string of the molecule is CC(C)Oc1cccnc1NCCN(C)C1CCCC1. The molecule has 20 heavy (non-hydrogen) atoms. The van der Waals surface area contributed by atoms with Gasteiger partial charge in [0.05, 0.1) is 6.10 Å². The van der Waals surface area contributed by atoms with Crippen molar-refractivity contribution in [3.63, 3.8) is 0 Å². The third-order valence-corrected chi connectivity index (χ3v) is 3.84. The molecule has 0 unspecified atom stereocenters. The summed E-state index contributed by atoms with van der Waals surface area (Å²) in [4.78, 5) is 6.84. The van der Waals surface area contributed by atoms with Crippen LogP contribution >= 0.6 is 0 Å². The molecule has 0 aliphatic heterocycles. The molecular formula is C16H27N3O. The second-order valence-electron chi connectivity index (χ2n) is 5.86. The van der Waals surface area contributed by atoms with Gasteiger partial charge in [-0.1, -0.05) is 12.8 Å². The number of nitrogens with zero attached hydrogens (tertiary/aromatic N) is 2. The summed E-state index contributed by atoms with van der Waals surface area (Å²) in [5.41, 5.74) is 0. The first-order valence-corrected chi connectivity index (χ1v) is 7.72. The predicted octanol–water partition coefficient (Wildman–Crippen LogP) is 3.16. The van der Waals surface area contributed by atoms with Gasteiger partial charge in [-0.2, -0.15) is 0 Å². The maximum Gasteiger partial charge on any atom is 0.168 e. The van der Waals surface area contributed by atoms with Crippen LogP contribution in [0, 0.1) is 0 Å². The van der Waals surface area contributed by atoms with Gasteiger partial charge in [-0.3, -0.25) is 0 Å². The fraction of sp³-hybridized carbons (Fsp3) is 0.688. The molecule has 0 spiro atoms. The summed E-state index contributed by atoms with van der Waals surface area (Å²) in [5.74, 6) is 1.69. The Bertz CT molecular complexity index is 402. The zero-order valence-corrected chi connectivity index (χ0v) is 12.9. The van der Waals surface area contributed by atoms with E-state index < -0.39 is 0 Å². The highest BCUT2D eigenvalue weighted by Gasteiger charge is 2.18. The predicted molar refractivity (Wildman–Crippen MR) is 83.4 cm³/mol. The van der Waals surface area contributed by atoms with Crippen LogP contribution in [0.1, 0.15) is 39.5 Å². The van der Waals surface area contributed by atoms with E-state index in [4.69, 9.17) is 4.74 Å².